The van der Waals surface area contributed by atoms with Gasteiger partial charge in [-0.15, -0.1) is 0 Å². The molecule has 1 aromatic carbocycles. The van der Waals surface area contributed by atoms with Crippen molar-refractivity contribution in [2.45, 2.75) is 12.6 Å². The van der Waals surface area contributed by atoms with Crippen LogP contribution < -0.4 is 11.2 Å². The van der Waals surface area contributed by atoms with Crippen LogP contribution in [0.2, 0.25) is 0 Å². The molecule has 2 aromatic heterocycles. The molecular formula is C20H22N4O3. The molecule has 0 N–H and O–H groups in total. The summed E-state index contributed by atoms with van der Waals surface area (Å²) in [7, 11) is 3.11. The number of morpholine rings is 1. The largest absolute Gasteiger partial charge is 0.369 e. The molecule has 27 heavy (non-hydrogen) atoms. The molecule has 0 unspecified atom stereocenters. The summed E-state index contributed by atoms with van der Waals surface area (Å²) < 4.78 is 8.44. The van der Waals surface area contributed by atoms with Crippen molar-refractivity contribution < 1.29 is 4.74 Å². The highest BCUT2D eigenvalue weighted by molar-refractivity contribution is 5.73. The molecule has 1 aliphatic rings. The molecule has 3 aromatic rings. The van der Waals surface area contributed by atoms with Gasteiger partial charge >= 0.3 is 5.69 Å². The highest BCUT2D eigenvalue weighted by Gasteiger charge is 2.24. The molecule has 0 spiro atoms. The lowest BCUT2D eigenvalue weighted by Crippen LogP contribution is -2.39. The minimum atomic E-state index is -0.382. The molecule has 7 heteroatoms. The Morgan fingerprint density at radius 2 is 1.85 bits per heavy atom. The van der Waals surface area contributed by atoms with Gasteiger partial charge in [0.2, 0.25) is 0 Å². The summed E-state index contributed by atoms with van der Waals surface area (Å²) in [6.45, 7) is 3.05. The minimum absolute atomic E-state index is 0.189. The topological polar surface area (TPSA) is 69.4 Å². The Morgan fingerprint density at radius 3 is 2.63 bits per heavy atom. The third-order valence-electron chi connectivity index (χ3n) is 5.05. The number of hydrogen-bond donors (Lipinski definition) is 0. The van der Waals surface area contributed by atoms with E-state index in [9.17, 15) is 9.59 Å². The van der Waals surface area contributed by atoms with Gasteiger partial charge in [-0.2, -0.15) is 0 Å². The molecule has 0 saturated carbocycles. The van der Waals surface area contributed by atoms with Crippen LogP contribution in [-0.2, 0) is 25.4 Å². The van der Waals surface area contributed by atoms with Crippen LogP contribution in [0.25, 0.3) is 11.0 Å². The van der Waals surface area contributed by atoms with Gasteiger partial charge in [-0.3, -0.25) is 18.8 Å². The number of aryl methyl sites for hydroxylation is 1. The van der Waals surface area contributed by atoms with Crippen molar-refractivity contribution in [1.82, 2.24) is 19.0 Å². The molecule has 4 rings (SSSR count). The minimum Gasteiger partial charge on any atom is -0.369 e. The summed E-state index contributed by atoms with van der Waals surface area (Å²) in [6, 6.07) is 13.9. The van der Waals surface area contributed by atoms with Crippen LogP contribution in [0.15, 0.2) is 52.1 Å². The monoisotopic (exact) mass is 366 g/mol. The van der Waals surface area contributed by atoms with Gasteiger partial charge in [0.15, 0.2) is 0 Å². The molecule has 140 valence electrons. The number of benzene rings is 1. The van der Waals surface area contributed by atoms with Gasteiger partial charge in [0.25, 0.3) is 5.56 Å². The quantitative estimate of drug-likeness (QED) is 0.697. The lowest BCUT2D eigenvalue weighted by Gasteiger charge is -2.32. The van der Waals surface area contributed by atoms with E-state index in [4.69, 9.17) is 4.74 Å². The normalized spacial score (nSPS) is 18.1. The standard InChI is InChI=1S/C20H22N4O3/c1-22-18-15(19(25)23(2)20(22)26)8-9-16(21-18)17-13-24(10-11-27-17)12-14-6-4-3-5-7-14/h3-9,17H,10-13H2,1-2H3/t17-/m0/s1. The van der Waals surface area contributed by atoms with Crippen molar-refractivity contribution >= 4 is 11.0 Å². The summed E-state index contributed by atoms with van der Waals surface area (Å²) >= 11 is 0. The second-order valence-electron chi connectivity index (χ2n) is 6.89. The molecular weight excluding hydrogens is 344 g/mol. The maximum absolute atomic E-state index is 12.3. The molecule has 3 heterocycles. The number of ether oxygens (including phenoxy) is 1. The Bertz CT molecular complexity index is 1090. The lowest BCUT2D eigenvalue weighted by molar-refractivity contribution is -0.0348. The predicted molar refractivity (Wildman–Crippen MR) is 103 cm³/mol. The molecule has 0 aliphatic carbocycles. The highest BCUT2D eigenvalue weighted by atomic mass is 16.5. The number of pyridine rings is 1. The van der Waals surface area contributed by atoms with Gasteiger partial charge in [0, 0.05) is 33.7 Å². The first-order valence-corrected chi connectivity index (χ1v) is 8.99. The van der Waals surface area contributed by atoms with Crippen LogP contribution in [0, 0.1) is 0 Å². The van der Waals surface area contributed by atoms with Crippen molar-refractivity contribution in [3.8, 4) is 0 Å². The van der Waals surface area contributed by atoms with Crippen LogP contribution >= 0.6 is 0 Å². The van der Waals surface area contributed by atoms with Crippen molar-refractivity contribution in [3.05, 3.63) is 74.6 Å². The summed E-state index contributed by atoms with van der Waals surface area (Å²) in [5.74, 6) is 0. The molecule has 1 saturated heterocycles. The van der Waals surface area contributed by atoms with E-state index >= 15 is 0 Å². The Kier molecular flexibility index (Phi) is 4.63. The molecule has 7 nitrogen and oxygen atoms in total. The fraction of sp³-hybridized carbons (Fsp3) is 0.350. The molecule has 0 radical (unpaired) electrons. The summed E-state index contributed by atoms with van der Waals surface area (Å²) in [4.78, 5) is 31.4. The van der Waals surface area contributed by atoms with Crippen molar-refractivity contribution in [1.29, 1.82) is 0 Å². The fourth-order valence-electron chi connectivity index (χ4n) is 3.51. The molecule has 1 atom stereocenters. The maximum Gasteiger partial charge on any atom is 0.332 e. The van der Waals surface area contributed by atoms with E-state index in [0.29, 0.717) is 24.2 Å². The van der Waals surface area contributed by atoms with Gasteiger partial charge in [-0.25, -0.2) is 9.78 Å². The van der Waals surface area contributed by atoms with Gasteiger partial charge in [0.1, 0.15) is 11.8 Å². The number of nitrogens with zero attached hydrogens (tertiary/aromatic N) is 4. The number of rotatable bonds is 3. The molecule has 1 aliphatic heterocycles. The Labute approximate surface area is 156 Å². The number of aromatic nitrogens is 3. The van der Waals surface area contributed by atoms with Crippen LogP contribution in [0.3, 0.4) is 0 Å². The zero-order chi connectivity index (χ0) is 19.0. The first-order valence-electron chi connectivity index (χ1n) is 8.99. The smallest absolute Gasteiger partial charge is 0.332 e. The van der Waals surface area contributed by atoms with E-state index in [1.807, 2.05) is 24.3 Å². The van der Waals surface area contributed by atoms with Gasteiger partial charge in [-0.1, -0.05) is 30.3 Å². The first kappa shape index (κ1) is 17.6. The molecule has 0 bridgehead atoms. The average Bonchev–Trinajstić information content (AvgIpc) is 2.71. The van der Waals surface area contributed by atoms with Crippen molar-refractivity contribution in [3.63, 3.8) is 0 Å². The third-order valence-corrected chi connectivity index (χ3v) is 5.05. The average molecular weight is 366 g/mol. The zero-order valence-electron chi connectivity index (χ0n) is 15.5. The SMILES string of the molecule is Cn1c(=O)c2ccc([C@@H]3CN(Cc4ccccc4)CCO3)nc2n(C)c1=O. The van der Waals surface area contributed by atoms with E-state index in [0.717, 1.165) is 23.4 Å². The second kappa shape index (κ2) is 7.09. The number of hydrogen-bond acceptors (Lipinski definition) is 5. The van der Waals surface area contributed by atoms with Crippen molar-refractivity contribution in [2.75, 3.05) is 19.7 Å². The Balaban J connectivity index is 1.64. The summed E-state index contributed by atoms with van der Waals surface area (Å²) in [6.07, 6.45) is -0.189. The zero-order valence-corrected chi connectivity index (χ0v) is 15.5. The fourth-order valence-corrected chi connectivity index (χ4v) is 3.51. The van der Waals surface area contributed by atoms with E-state index in [-0.39, 0.29) is 17.4 Å². The second-order valence-corrected chi connectivity index (χ2v) is 6.89. The van der Waals surface area contributed by atoms with E-state index in [1.165, 1.54) is 17.2 Å². The lowest BCUT2D eigenvalue weighted by atomic mass is 10.1. The van der Waals surface area contributed by atoms with Gasteiger partial charge in [0.05, 0.1) is 17.7 Å². The van der Waals surface area contributed by atoms with E-state index in [1.54, 1.807) is 13.1 Å². The summed E-state index contributed by atoms with van der Waals surface area (Å²) in [5.41, 5.74) is 1.68. The van der Waals surface area contributed by atoms with Crippen LogP contribution in [0.4, 0.5) is 0 Å². The van der Waals surface area contributed by atoms with Crippen molar-refractivity contribution in [2.24, 2.45) is 14.1 Å². The highest BCUT2D eigenvalue weighted by Crippen LogP contribution is 2.23. The van der Waals surface area contributed by atoms with E-state index < -0.39 is 0 Å². The molecule has 0 amide bonds. The van der Waals surface area contributed by atoms with Gasteiger partial charge < -0.3 is 4.74 Å². The van der Waals surface area contributed by atoms with Crippen LogP contribution in [-0.4, -0.2) is 38.7 Å². The van der Waals surface area contributed by atoms with Crippen LogP contribution in [0.5, 0.6) is 0 Å². The van der Waals surface area contributed by atoms with Gasteiger partial charge in [-0.05, 0) is 17.7 Å². The Hall–Kier alpha value is -2.77. The molecule has 1 fully saturated rings. The van der Waals surface area contributed by atoms with E-state index in [2.05, 4.69) is 22.0 Å². The first-order chi connectivity index (χ1) is 13.0. The maximum atomic E-state index is 12.3. The predicted octanol–water partition coefficient (Wildman–Crippen LogP) is 1.21. The number of fused-ring (bicyclic) bond motifs is 1. The Morgan fingerprint density at radius 1 is 1.07 bits per heavy atom. The van der Waals surface area contributed by atoms with Crippen LogP contribution in [0.1, 0.15) is 17.4 Å². The third kappa shape index (κ3) is 3.31. The summed E-state index contributed by atoms with van der Waals surface area (Å²) in [5, 5.41) is 0.431.